The molecule has 1 aliphatic heterocycles. The normalized spacial score (nSPS) is 15.9. The number of benzene rings is 2. The number of carbonyl (C=O) groups excluding carboxylic acids is 1. The molecule has 1 atom stereocenters. The molecule has 0 saturated heterocycles. The van der Waals surface area contributed by atoms with Crippen molar-refractivity contribution in [1.82, 2.24) is 4.57 Å². The molecule has 1 unspecified atom stereocenters. The molecule has 0 radical (unpaired) electrons. The topological polar surface area (TPSA) is 69.9 Å². The van der Waals surface area contributed by atoms with Crippen molar-refractivity contribution in [3.63, 3.8) is 0 Å². The van der Waals surface area contributed by atoms with E-state index in [-0.39, 0.29) is 11.7 Å². The van der Waals surface area contributed by atoms with Gasteiger partial charge in [0.2, 0.25) is 0 Å². The van der Waals surface area contributed by atoms with Gasteiger partial charge in [-0.3, -0.25) is 9.36 Å². The lowest BCUT2D eigenvalue weighted by atomic mass is 9.96. The van der Waals surface area contributed by atoms with Crippen molar-refractivity contribution in [2.45, 2.75) is 32.9 Å². The van der Waals surface area contributed by atoms with Crippen molar-refractivity contribution < 1.29 is 14.3 Å². The summed E-state index contributed by atoms with van der Waals surface area (Å²) in [4.78, 5) is 31.8. The number of rotatable bonds is 5. The van der Waals surface area contributed by atoms with E-state index in [1.54, 1.807) is 32.4 Å². The zero-order valence-electron chi connectivity index (χ0n) is 18.7. The van der Waals surface area contributed by atoms with Crippen LogP contribution in [0.1, 0.15) is 37.9 Å². The zero-order valence-corrected chi connectivity index (χ0v) is 21.1. The molecule has 0 bridgehead atoms. The summed E-state index contributed by atoms with van der Waals surface area (Å²) in [6.07, 6.45) is 1.54. The Morgan fingerprint density at radius 3 is 2.58 bits per heavy atom. The Bertz CT molecular complexity index is 1420. The predicted molar refractivity (Wildman–Crippen MR) is 132 cm³/mol. The van der Waals surface area contributed by atoms with Crippen LogP contribution < -0.4 is 19.6 Å². The van der Waals surface area contributed by atoms with E-state index in [0.717, 1.165) is 15.6 Å². The number of ether oxygens (including phenoxy) is 2. The van der Waals surface area contributed by atoms with Gasteiger partial charge in [-0.1, -0.05) is 51.5 Å². The molecular weight excluding hydrogens is 504 g/mol. The highest BCUT2D eigenvalue weighted by Gasteiger charge is 2.33. The van der Waals surface area contributed by atoms with Crippen LogP contribution in [-0.2, 0) is 9.53 Å². The van der Waals surface area contributed by atoms with E-state index in [0.29, 0.717) is 26.4 Å². The van der Waals surface area contributed by atoms with Gasteiger partial charge in [-0.25, -0.2) is 9.79 Å². The van der Waals surface area contributed by atoms with E-state index in [4.69, 9.17) is 9.47 Å². The van der Waals surface area contributed by atoms with E-state index < -0.39 is 12.0 Å². The molecule has 8 heteroatoms. The van der Waals surface area contributed by atoms with E-state index in [2.05, 4.69) is 20.9 Å². The first-order chi connectivity index (χ1) is 15.8. The molecule has 0 fully saturated rings. The molecule has 170 valence electrons. The third-order valence-electron chi connectivity index (χ3n) is 5.16. The largest absolute Gasteiger partial charge is 0.497 e. The predicted octanol–water partition coefficient (Wildman–Crippen LogP) is 3.96. The fourth-order valence-electron chi connectivity index (χ4n) is 3.71. The maximum atomic E-state index is 13.6. The molecule has 2 heterocycles. The molecule has 6 nitrogen and oxygen atoms in total. The van der Waals surface area contributed by atoms with Gasteiger partial charge in [-0.15, -0.1) is 0 Å². The number of carbonyl (C=O) groups is 1. The molecule has 0 saturated carbocycles. The number of aromatic nitrogens is 1. The fraction of sp³-hybridized carbons (Fsp3) is 0.240. The van der Waals surface area contributed by atoms with E-state index in [9.17, 15) is 9.59 Å². The van der Waals surface area contributed by atoms with Gasteiger partial charge in [0.25, 0.3) is 5.56 Å². The quantitative estimate of drug-likeness (QED) is 0.472. The third kappa shape index (κ3) is 4.72. The molecular formula is C25H23BrN2O4S. The standard InChI is InChI=1S/C25H23BrN2O4S/c1-14(2)32-24(30)21-15(3)27-25-28(22(21)17-8-10-19(31-4)11-9-17)23(29)20(33-25)13-16-6-5-7-18(26)12-16/h5-14,22H,1-4H3/b20-13-. The average molecular weight is 527 g/mol. The summed E-state index contributed by atoms with van der Waals surface area (Å²) in [7, 11) is 1.59. The Kier molecular flexibility index (Phi) is 6.67. The minimum Gasteiger partial charge on any atom is -0.497 e. The van der Waals surface area contributed by atoms with Gasteiger partial charge in [0, 0.05) is 4.47 Å². The van der Waals surface area contributed by atoms with Gasteiger partial charge in [-0.05, 0) is 62.2 Å². The highest BCUT2D eigenvalue weighted by atomic mass is 79.9. The van der Waals surface area contributed by atoms with Crippen molar-refractivity contribution in [3.8, 4) is 5.75 Å². The average Bonchev–Trinajstić information content (AvgIpc) is 3.07. The number of fused-ring (bicyclic) bond motifs is 1. The summed E-state index contributed by atoms with van der Waals surface area (Å²) in [6, 6.07) is 14.4. The SMILES string of the molecule is COc1ccc(C2C(C(=O)OC(C)C)=C(C)N=c3s/c(=C\c4cccc(Br)c4)c(=O)n32)cc1. The number of allylic oxidation sites excluding steroid dienone is 1. The lowest BCUT2D eigenvalue weighted by molar-refractivity contribution is -0.143. The second-order valence-electron chi connectivity index (χ2n) is 7.86. The molecule has 3 aromatic rings. The van der Waals surface area contributed by atoms with Crippen molar-refractivity contribution in [2.75, 3.05) is 7.11 Å². The number of esters is 1. The Hall–Kier alpha value is -2.97. The van der Waals surface area contributed by atoms with Crippen LogP contribution in [-0.4, -0.2) is 23.8 Å². The maximum absolute atomic E-state index is 13.6. The van der Waals surface area contributed by atoms with Gasteiger partial charge in [0.1, 0.15) is 5.75 Å². The highest BCUT2D eigenvalue weighted by molar-refractivity contribution is 9.10. The molecule has 0 amide bonds. The van der Waals surface area contributed by atoms with Crippen LogP contribution in [0.25, 0.3) is 6.08 Å². The molecule has 0 aliphatic carbocycles. The van der Waals surface area contributed by atoms with Crippen LogP contribution in [0.3, 0.4) is 0 Å². The van der Waals surface area contributed by atoms with Crippen LogP contribution in [0, 0.1) is 0 Å². The molecule has 0 N–H and O–H groups in total. The first-order valence-corrected chi connectivity index (χ1v) is 12.0. The van der Waals surface area contributed by atoms with Gasteiger partial charge in [0.05, 0.1) is 35.1 Å². The minimum absolute atomic E-state index is 0.207. The van der Waals surface area contributed by atoms with Gasteiger partial charge >= 0.3 is 5.97 Å². The maximum Gasteiger partial charge on any atom is 0.338 e. The van der Waals surface area contributed by atoms with Crippen LogP contribution in [0.2, 0.25) is 0 Å². The number of methoxy groups -OCH3 is 1. The van der Waals surface area contributed by atoms with E-state index in [1.807, 2.05) is 54.6 Å². The highest BCUT2D eigenvalue weighted by Crippen LogP contribution is 2.31. The van der Waals surface area contributed by atoms with Gasteiger partial charge in [-0.2, -0.15) is 0 Å². The van der Waals surface area contributed by atoms with Gasteiger partial charge in [0.15, 0.2) is 4.80 Å². The lowest BCUT2D eigenvalue weighted by Crippen LogP contribution is -2.40. The first-order valence-electron chi connectivity index (χ1n) is 10.4. The Labute approximate surface area is 203 Å². The monoisotopic (exact) mass is 526 g/mol. The number of hydrogen-bond acceptors (Lipinski definition) is 6. The van der Waals surface area contributed by atoms with E-state index >= 15 is 0 Å². The van der Waals surface area contributed by atoms with Crippen molar-refractivity contribution in [1.29, 1.82) is 0 Å². The summed E-state index contributed by atoms with van der Waals surface area (Å²) in [5.74, 6) is 0.209. The summed E-state index contributed by atoms with van der Waals surface area (Å²) in [6.45, 7) is 5.37. The smallest absolute Gasteiger partial charge is 0.338 e. The van der Waals surface area contributed by atoms with Crippen molar-refractivity contribution in [3.05, 3.63) is 95.1 Å². The summed E-state index contributed by atoms with van der Waals surface area (Å²) in [5.41, 5.74) is 2.36. The molecule has 0 spiro atoms. The van der Waals surface area contributed by atoms with E-state index in [1.165, 1.54) is 11.3 Å². The first kappa shape index (κ1) is 23.2. The number of halogens is 1. The minimum atomic E-state index is -0.650. The molecule has 2 aromatic carbocycles. The summed E-state index contributed by atoms with van der Waals surface area (Å²) in [5, 5.41) is 0. The van der Waals surface area contributed by atoms with Crippen LogP contribution in [0.4, 0.5) is 0 Å². The third-order valence-corrected chi connectivity index (χ3v) is 6.64. The Morgan fingerprint density at radius 1 is 1.21 bits per heavy atom. The van der Waals surface area contributed by atoms with Crippen molar-refractivity contribution >= 4 is 39.3 Å². The van der Waals surface area contributed by atoms with Crippen LogP contribution in [0.15, 0.2) is 74.1 Å². The second kappa shape index (κ2) is 9.49. The Morgan fingerprint density at radius 2 is 1.94 bits per heavy atom. The van der Waals surface area contributed by atoms with Crippen LogP contribution >= 0.6 is 27.3 Å². The summed E-state index contributed by atoms with van der Waals surface area (Å²) < 4.78 is 13.8. The summed E-state index contributed by atoms with van der Waals surface area (Å²) >= 11 is 4.77. The fourth-order valence-corrected chi connectivity index (χ4v) is 5.17. The van der Waals surface area contributed by atoms with Crippen LogP contribution in [0.5, 0.6) is 5.75 Å². The number of hydrogen-bond donors (Lipinski definition) is 0. The molecule has 4 rings (SSSR count). The van der Waals surface area contributed by atoms with Gasteiger partial charge < -0.3 is 9.47 Å². The number of nitrogens with zero attached hydrogens (tertiary/aromatic N) is 2. The zero-order chi connectivity index (χ0) is 23.7. The second-order valence-corrected chi connectivity index (χ2v) is 9.79. The van der Waals surface area contributed by atoms with Crippen molar-refractivity contribution in [2.24, 2.45) is 4.99 Å². The molecule has 33 heavy (non-hydrogen) atoms. The number of thiazole rings is 1. The lowest BCUT2D eigenvalue weighted by Gasteiger charge is -2.25. The molecule has 1 aliphatic rings. The molecule has 1 aromatic heterocycles. The Balaban J connectivity index is 1.94.